The summed E-state index contributed by atoms with van der Waals surface area (Å²) in [5, 5.41) is 30.0. The molecule has 2 aromatic carbocycles. The molecule has 0 saturated heterocycles. The van der Waals surface area contributed by atoms with Crippen molar-refractivity contribution in [3.8, 4) is 23.0 Å². The van der Waals surface area contributed by atoms with E-state index in [1.54, 1.807) is 12.1 Å². The first kappa shape index (κ1) is 16.6. The van der Waals surface area contributed by atoms with Crippen molar-refractivity contribution in [2.24, 2.45) is 0 Å². The molecule has 3 rings (SSSR count). The SMILES string of the molecule is COc1ccc(C2Oc3cc(O)cc(S(=O)O)c3CC2O)cc1O. The molecule has 0 spiro atoms. The lowest BCUT2D eigenvalue weighted by atomic mass is 9.94. The van der Waals surface area contributed by atoms with E-state index >= 15 is 0 Å². The molecule has 0 aliphatic carbocycles. The van der Waals surface area contributed by atoms with E-state index in [-0.39, 0.29) is 28.6 Å². The molecule has 128 valence electrons. The van der Waals surface area contributed by atoms with Crippen LogP contribution in [0, 0.1) is 0 Å². The Morgan fingerprint density at radius 1 is 1.25 bits per heavy atom. The Morgan fingerprint density at radius 2 is 2.00 bits per heavy atom. The molecule has 1 aliphatic rings. The van der Waals surface area contributed by atoms with Gasteiger partial charge in [-0.15, -0.1) is 0 Å². The van der Waals surface area contributed by atoms with Crippen LogP contribution in [0.1, 0.15) is 17.2 Å². The Morgan fingerprint density at radius 3 is 2.62 bits per heavy atom. The number of phenols is 2. The number of aliphatic hydroxyl groups is 1. The molecule has 0 aromatic heterocycles. The van der Waals surface area contributed by atoms with Gasteiger partial charge in [0.05, 0.1) is 18.1 Å². The summed E-state index contributed by atoms with van der Waals surface area (Å²) in [6.45, 7) is 0. The summed E-state index contributed by atoms with van der Waals surface area (Å²) in [4.78, 5) is 0.0000724. The quantitative estimate of drug-likeness (QED) is 0.622. The average Bonchev–Trinajstić information content (AvgIpc) is 2.53. The monoisotopic (exact) mass is 352 g/mol. The Balaban J connectivity index is 2.01. The number of benzene rings is 2. The lowest BCUT2D eigenvalue weighted by molar-refractivity contribution is 0.0195. The molecular formula is C16H16O7S. The van der Waals surface area contributed by atoms with E-state index in [1.165, 1.54) is 25.3 Å². The minimum absolute atomic E-state index is 0.0000724. The molecule has 0 amide bonds. The van der Waals surface area contributed by atoms with E-state index in [4.69, 9.17) is 9.47 Å². The fourth-order valence-corrected chi connectivity index (χ4v) is 3.39. The summed E-state index contributed by atoms with van der Waals surface area (Å²) in [6, 6.07) is 7.11. The fraction of sp³-hybridized carbons (Fsp3) is 0.250. The highest BCUT2D eigenvalue weighted by Gasteiger charge is 2.33. The standard InChI is InChI=1S/C16H16O7S/c1-22-13-3-2-8(4-11(13)18)16-12(19)7-10-14(23-16)5-9(17)6-15(10)24(20)21/h2-6,12,16-19H,7H2,1H3,(H,20,21). The zero-order chi connectivity index (χ0) is 17.4. The zero-order valence-electron chi connectivity index (χ0n) is 12.7. The molecule has 3 unspecified atom stereocenters. The number of aliphatic hydroxyl groups excluding tert-OH is 1. The van der Waals surface area contributed by atoms with Gasteiger partial charge in [0.25, 0.3) is 0 Å². The number of aromatic hydroxyl groups is 2. The second-order valence-corrected chi connectivity index (χ2v) is 6.35. The molecule has 0 fully saturated rings. The van der Waals surface area contributed by atoms with Crippen LogP contribution in [0.25, 0.3) is 0 Å². The van der Waals surface area contributed by atoms with Crippen LogP contribution in [-0.2, 0) is 17.5 Å². The molecule has 8 heteroatoms. The van der Waals surface area contributed by atoms with Gasteiger partial charge in [-0.2, -0.15) is 0 Å². The predicted octanol–water partition coefficient (Wildman–Crippen LogP) is 1.72. The minimum Gasteiger partial charge on any atom is -0.508 e. The van der Waals surface area contributed by atoms with E-state index in [9.17, 15) is 24.1 Å². The number of phenolic OH excluding ortho intramolecular Hbond substituents is 2. The van der Waals surface area contributed by atoms with Crippen LogP contribution in [0.4, 0.5) is 0 Å². The zero-order valence-corrected chi connectivity index (χ0v) is 13.5. The third-order valence-corrected chi connectivity index (χ3v) is 4.63. The highest BCUT2D eigenvalue weighted by Crippen LogP contribution is 2.41. The number of hydrogen-bond donors (Lipinski definition) is 4. The van der Waals surface area contributed by atoms with E-state index in [0.717, 1.165) is 0 Å². The number of hydrogen-bond acceptors (Lipinski definition) is 6. The lowest BCUT2D eigenvalue weighted by Crippen LogP contribution is -2.31. The number of methoxy groups -OCH3 is 1. The smallest absolute Gasteiger partial charge is 0.187 e. The number of ether oxygens (including phenoxy) is 2. The molecule has 0 bridgehead atoms. The van der Waals surface area contributed by atoms with Gasteiger partial charge in [0, 0.05) is 18.1 Å². The molecule has 7 nitrogen and oxygen atoms in total. The van der Waals surface area contributed by atoms with Gasteiger partial charge in [0.2, 0.25) is 0 Å². The van der Waals surface area contributed by atoms with Gasteiger partial charge in [-0.25, -0.2) is 4.21 Å². The highest BCUT2D eigenvalue weighted by atomic mass is 32.2. The second kappa shape index (κ2) is 6.31. The Hall–Kier alpha value is -2.29. The predicted molar refractivity (Wildman–Crippen MR) is 84.9 cm³/mol. The summed E-state index contributed by atoms with van der Waals surface area (Å²) in [5.41, 5.74) is 0.886. The molecule has 4 N–H and O–H groups in total. The van der Waals surface area contributed by atoms with Crippen LogP contribution in [0.3, 0.4) is 0 Å². The second-order valence-electron chi connectivity index (χ2n) is 5.41. The highest BCUT2D eigenvalue weighted by molar-refractivity contribution is 7.79. The summed E-state index contributed by atoms with van der Waals surface area (Å²) in [6.07, 6.45) is -1.71. The molecule has 1 aliphatic heterocycles. The van der Waals surface area contributed by atoms with Gasteiger partial charge in [0.15, 0.2) is 22.6 Å². The Bertz CT molecular complexity index is 805. The summed E-state index contributed by atoms with van der Waals surface area (Å²) < 4.78 is 31.5. The maximum absolute atomic E-state index is 11.4. The summed E-state index contributed by atoms with van der Waals surface area (Å²) >= 11 is -2.31. The minimum atomic E-state index is -2.31. The molecule has 24 heavy (non-hydrogen) atoms. The van der Waals surface area contributed by atoms with Crippen molar-refractivity contribution >= 4 is 11.1 Å². The molecule has 1 heterocycles. The van der Waals surface area contributed by atoms with Crippen molar-refractivity contribution < 1.29 is 33.6 Å². The normalized spacial score (nSPS) is 20.8. The van der Waals surface area contributed by atoms with Gasteiger partial charge in [0.1, 0.15) is 17.6 Å². The maximum Gasteiger partial charge on any atom is 0.187 e. The third kappa shape index (κ3) is 2.91. The van der Waals surface area contributed by atoms with Crippen molar-refractivity contribution in [3.63, 3.8) is 0 Å². The van der Waals surface area contributed by atoms with Gasteiger partial charge < -0.3 is 29.3 Å². The van der Waals surface area contributed by atoms with Crippen LogP contribution in [0.5, 0.6) is 23.0 Å². The molecule has 2 aromatic rings. The van der Waals surface area contributed by atoms with Crippen molar-refractivity contribution in [1.82, 2.24) is 0 Å². The fourth-order valence-electron chi connectivity index (χ4n) is 2.77. The Kier molecular flexibility index (Phi) is 4.35. The van der Waals surface area contributed by atoms with Crippen LogP contribution < -0.4 is 9.47 Å². The van der Waals surface area contributed by atoms with Gasteiger partial charge in [-0.3, -0.25) is 0 Å². The van der Waals surface area contributed by atoms with Crippen molar-refractivity contribution in [1.29, 1.82) is 0 Å². The lowest BCUT2D eigenvalue weighted by Gasteiger charge is -2.32. The van der Waals surface area contributed by atoms with Crippen LogP contribution in [0.2, 0.25) is 0 Å². The van der Waals surface area contributed by atoms with Gasteiger partial charge in [-0.1, -0.05) is 6.07 Å². The van der Waals surface area contributed by atoms with E-state index in [0.29, 0.717) is 16.9 Å². The topological polar surface area (TPSA) is 116 Å². The molecule has 0 saturated carbocycles. The van der Waals surface area contributed by atoms with Crippen molar-refractivity contribution in [2.75, 3.05) is 7.11 Å². The van der Waals surface area contributed by atoms with Gasteiger partial charge in [-0.05, 0) is 23.8 Å². The average molecular weight is 352 g/mol. The van der Waals surface area contributed by atoms with E-state index in [1.807, 2.05) is 0 Å². The first-order valence-corrected chi connectivity index (χ1v) is 8.19. The van der Waals surface area contributed by atoms with Crippen LogP contribution in [0.15, 0.2) is 35.2 Å². The van der Waals surface area contributed by atoms with Crippen LogP contribution in [-0.4, -0.2) is 37.3 Å². The van der Waals surface area contributed by atoms with Crippen molar-refractivity contribution in [2.45, 2.75) is 23.5 Å². The van der Waals surface area contributed by atoms with Crippen LogP contribution >= 0.6 is 0 Å². The number of rotatable bonds is 3. The molecule has 0 radical (unpaired) electrons. The molecule has 3 atom stereocenters. The first-order valence-electron chi connectivity index (χ1n) is 7.09. The largest absolute Gasteiger partial charge is 0.508 e. The number of fused-ring (bicyclic) bond motifs is 1. The first-order chi connectivity index (χ1) is 11.4. The Labute approximate surface area is 140 Å². The van der Waals surface area contributed by atoms with E-state index in [2.05, 4.69) is 0 Å². The maximum atomic E-state index is 11.4. The third-order valence-electron chi connectivity index (χ3n) is 3.89. The van der Waals surface area contributed by atoms with Gasteiger partial charge >= 0.3 is 0 Å². The van der Waals surface area contributed by atoms with E-state index < -0.39 is 23.3 Å². The summed E-state index contributed by atoms with van der Waals surface area (Å²) in [7, 11) is 1.43. The summed E-state index contributed by atoms with van der Waals surface area (Å²) in [5.74, 6) is 0.210. The molecular weight excluding hydrogens is 336 g/mol. The van der Waals surface area contributed by atoms with Crippen molar-refractivity contribution in [3.05, 3.63) is 41.5 Å².